The summed E-state index contributed by atoms with van der Waals surface area (Å²) in [4.78, 5) is 7.25. The van der Waals surface area contributed by atoms with Crippen LogP contribution < -0.4 is 10.6 Å². The first kappa shape index (κ1) is 20.7. The minimum atomic E-state index is 0.193. The second-order valence-corrected chi connectivity index (χ2v) is 8.97. The van der Waals surface area contributed by atoms with Gasteiger partial charge in [0, 0.05) is 44.7 Å². The zero-order valence-corrected chi connectivity index (χ0v) is 18.0. The highest BCUT2D eigenvalue weighted by Crippen LogP contribution is 2.33. The first-order valence-corrected chi connectivity index (χ1v) is 11.7. The number of ether oxygens (including phenoxy) is 1. The van der Waals surface area contributed by atoms with E-state index in [1.807, 2.05) is 7.05 Å². The molecule has 0 bridgehead atoms. The van der Waals surface area contributed by atoms with Gasteiger partial charge in [0.2, 0.25) is 0 Å². The fourth-order valence-electron chi connectivity index (χ4n) is 5.37. The van der Waals surface area contributed by atoms with Crippen LogP contribution in [0.2, 0.25) is 0 Å². The molecule has 1 aromatic carbocycles. The molecule has 2 saturated heterocycles. The van der Waals surface area contributed by atoms with Crippen molar-refractivity contribution < 1.29 is 4.74 Å². The van der Waals surface area contributed by atoms with Crippen molar-refractivity contribution in [1.82, 2.24) is 15.5 Å². The lowest BCUT2D eigenvalue weighted by atomic mass is 9.92. The summed E-state index contributed by atoms with van der Waals surface area (Å²) in [6.45, 7) is 4.17. The van der Waals surface area contributed by atoms with Gasteiger partial charge in [-0.05, 0) is 44.2 Å². The zero-order valence-electron chi connectivity index (χ0n) is 18.0. The number of nitrogens with zero attached hydrogens (tertiary/aromatic N) is 2. The summed E-state index contributed by atoms with van der Waals surface area (Å²) in [5.41, 5.74) is 1.29. The summed E-state index contributed by atoms with van der Waals surface area (Å²) in [5, 5.41) is 7.30. The van der Waals surface area contributed by atoms with Crippen molar-refractivity contribution in [3.63, 3.8) is 0 Å². The number of aliphatic imine (C=N–C) groups is 1. The molecule has 3 fully saturated rings. The Morgan fingerprint density at radius 3 is 2.69 bits per heavy atom. The van der Waals surface area contributed by atoms with Crippen LogP contribution in [-0.2, 0) is 4.74 Å². The van der Waals surface area contributed by atoms with Crippen LogP contribution in [0, 0.1) is 5.92 Å². The van der Waals surface area contributed by atoms with E-state index in [2.05, 4.69) is 50.9 Å². The number of hydrogen-bond acceptors (Lipinski definition) is 3. The van der Waals surface area contributed by atoms with Crippen molar-refractivity contribution in [2.45, 2.75) is 69.6 Å². The summed E-state index contributed by atoms with van der Waals surface area (Å²) >= 11 is 0. The van der Waals surface area contributed by atoms with Gasteiger partial charge in [-0.25, -0.2) is 0 Å². The van der Waals surface area contributed by atoms with Crippen LogP contribution >= 0.6 is 0 Å². The van der Waals surface area contributed by atoms with Crippen molar-refractivity contribution in [2.75, 3.05) is 33.3 Å². The van der Waals surface area contributed by atoms with Gasteiger partial charge in [0.05, 0.1) is 6.10 Å². The topological polar surface area (TPSA) is 48.9 Å². The van der Waals surface area contributed by atoms with Crippen molar-refractivity contribution in [3.8, 4) is 0 Å². The molecular formula is C24H38N4O. The summed E-state index contributed by atoms with van der Waals surface area (Å²) in [6, 6.07) is 11.9. The van der Waals surface area contributed by atoms with E-state index in [-0.39, 0.29) is 6.10 Å². The van der Waals surface area contributed by atoms with Gasteiger partial charge in [0.25, 0.3) is 0 Å². The number of hydrogen-bond donors (Lipinski definition) is 2. The van der Waals surface area contributed by atoms with Crippen LogP contribution in [0.3, 0.4) is 0 Å². The Balaban J connectivity index is 1.27. The van der Waals surface area contributed by atoms with Gasteiger partial charge < -0.3 is 15.4 Å². The largest absolute Gasteiger partial charge is 0.373 e. The fourth-order valence-corrected chi connectivity index (χ4v) is 5.37. The van der Waals surface area contributed by atoms with E-state index >= 15 is 0 Å². The van der Waals surface area contributed by atoms with Crippen LogP contribution in [-0.4, -0.2) is 56.2 Å². The Bertz CT molecular complexity index is 644. The van der Waals surface area contributed by atoms with Crippen LogP contribution in [0.1, 0.15) is 63.0 Å². The summed E-state index contributed by atoms with van der Waals surface area (Å²) < 4.78 is 6.04. The third kappa shape index (κ3) is 5.52. The van der Waals surface area contributed by atoms with Crippen LogP contribution in [0.25, 0.3) is 0 Å². The van der Waals surface area contributed by atoms with Crippen molar-refractivity contribution in [1.29, 1.82) is 0 Å². The highest BCUT2D eigenvalue weighted by Gasteiger charge is 2.30. The molecule has 1 aliphatic carbocycles. The quantitative estimate of drug-likeness (QED) is 0.586. The second kappa shape index (κ2) is 10.4. The Hall–Kier alpha value is -1.59. The average molecular weight is 399 g/mol. The second-order valence-electron chi connectivity index (χ2n) is 8.97. The highest BCUT2D eigenvalue weighted by molar-refractivity contribution is 5.80. The lowest BCUT2D eigenvalue weighted by molar-refractivity contribution is 0.0914. The molecule has 5 nitrogen and oxygen atoms in total. The van der Waals surface area contributed by atoms with Gasteiger partial charge in [0.15, 0.2) is 5.96 Å². The summed E-state index contributed by atoms with van der Waals surface area (Å²) in [7, 11) is 1.89. The standard InChI is InChI=1S/C24H38N4O/c1-25-24(26-17-20-14-16-29-23(20)19-9-4-2-5-10-19)27-21-11-8-15-28(18-21)22-12-6-3-7-13-22/h2,4-5,9-10,20-23H,3,6-8,11-18H2,1H3,(H2,25,26,27). The Morgan fingerprint density at radius 2 is 1.90 bits per heavy atom. The van der Waals surface area contributed by atoms with Gasteiger partial charge in [-0.1, -0.05) is 49.6 Å². The Morgan fingerprint density at radius 1 is 1.07 bits per heavy atom. The molecular weight excluding hydrogens is 360 g/mol. The molecule has 3 atom stereocenters. The Labute approximate surface area is 176 Å². The van der Waals surface area contributed by atoms with E-state index in [4.69, 9.17) is 4.74 Å². The number of guanidine groups is 1. The smallest absolute Gasteiger partial charge is 0.191 e. The highest BCUT2D eigenvalue weighted by atomic mass is 16.5. The molecule has 29 heavy (non-hydrogen) atoms. The number of rotatable bonds is 5. The van der Waals surface area contributed by atoms with Crippen molar-refractivity contribution in [2.24, 2.45) is 10.9 Å². The SMILES string of the molecule is CN=C(NCC1CCOC1c1ccccc1)NC1CCCN(C2CCCCC2)C1. The maximum atomic E-state index is 6.04. The molecule has 160 valence electrons. The minimum absolute atomic E-state index is 0.193. The number of likely N-dealkylation sites (tertiary alicyclic amines) is 1. The fraction of sp³-hybridized carbons (Fsp3) is 0.708. The summed E-state index contributed by atoms with van der Waals surface area (Å²) in [5.74, 6) is 1.43. The number of benzene rings is 1. The maximum absolute atomic E-state index is 6.04. The predicted octanol–water partition coefficient (Wildman–Crippen LogP) is 3.73. The third-order valence-corrected chi connectivity index (χ3v) is 6.98. The van der Waals surface area contributed by atoms with E-state index in [1.54, 1.807) is 0 Å². The van der Waals surface area contributed by atoms with E-state index < -0.39 is 0 Å². The van der Waals surface area contributed by atoms with Gasteiger partial charge in [0.1, 0.15) is 0 Å². The van der Waals surface area contributed by atoms with E-state index in [0.717, 1.165) is 38.1 Å². The van der Waals surface area contributed by atoms with Crippen molar-refractivity contribution >= 4 is 5.96 Å². The molecule has 0 spiro atoms. The van der Waals surface area contributed by atoms with Gasteiger partial charge >= 0.3 is 0 Å². The van der Waals surface area contributed by atoms with E-state index in [0.29, 0.717) is 12.0 Å². The summed E-state index contributed by atoms with van der Waals surface area (Å²) in [6.07, 6.45) is 10.9. The van der Waals surface area contributed by atoms with Gasteiger partial charge in [-0.2, -0.15) is 0 Å². The number of nitrogens with one attached hydrogen (secondary N) is 2. The normalized spacial score (nSPS) is 29.7. The predicted molar refractivity (Wildman–Crippen MR) is 119 cm³/mol. The molecule has 0 amide bonds. The van der Waals surface area contributed by atoms with Crippen LogP contribution in [0.4, 0.5) is 0 Å². The van der Waals surface area contributed by atoms with Gasteiger partial charge in [-0.3, -0.25) is 9.89 Å². The monoisotopic (exact) mass is 398 g/mol. The third-order valence-electron chi connectivity index (χ3n) is 6.98. The molecule has 1 aromatic rings. The lowest BCUT2D eigenvalue weighted by Crippen LogP contribution is -2.54. The molecule has 3 aliphatic rings. The Kier molecular flexibility index (Phi) is 7.44. The first-order chi connectivity index (χ1) is 14.3. The lowest BCUT2D eigenvalue weighted by Gasteiger charge is -2.40. The molecule has 0 aromatic heterocycles. The van der Waals surface area contributed by atoms with Crippen molar-refractivity contribution in [3.05, 3.63) is 35.9 Å². The van der Waals surface area contributed by atoms with E-state index in [1.165, 1.54) is 57.1 Å². The molecule has 0 radical (unpaired) electrons. The maximum Gasteiger partial charge on any atom is 0.191 e. The van der Waals surface area contributed by atoms with Gasteiger partial charge in [-0.15, -0.1) is 0 Å². The molecule has 5 heteroatoms. The molecule has 2 heterocycles. The van der Waals surface area contributed by atoms with Crippen LogP contribution in [0.15, 0.2) is 35.3 Å². The molecule has 2 aliphatic heterocycles. The minimum Gasteiger partial charge on any atom is -0.373 e. The zero-order chi connectivity index (χ0) is 19.9. The molecule has 4 rings (SSSR count). The molecule has 2 N–H and O–H groups in total. The first-order valence-electron chi connectivity index (χ1n) is 11.7. The number of piperidine rings is 1. The molecule has 3 unspecified atom stereocenters. The van der Waals surface area contributed by atoms with E-state index in [9.17, 15) is 0 Å². The molecule has 1 saturated carbocycles. The average Bonchev–Trinajstić information content (AvgIpc) is 3.27. The van der Waals surface area contributed by atoms with Crippen LogP contribution in [0.5, 0.6) is 0 Å².